The molecule has 0 spiro atoms. The molecule has 0 bridgehead atoms. The lowest BCUT2D eigenvalue weighted by atomic mass is 9.79. The van der Waals surface area contributed by atoms with Crippen LogP contribution in [-0.4, -0.2) is 25.5 Å². The zero-order chi connectivity index (χ0) is 12.5. The number of hydrogen-bond acceptors (Lipinski definition) is 2. The molecule has 1 aliphatic carbocycles. The fraction of sp³-hybridized carbons (Fsp3) is 0.929. The van der Waals surface area contributed by atoms with Gasteiger partial charge in [-0.2, -0.15) is 0 Å². The molecule has 0 aliphatic heterocycles. The minimum atomic E-state index is 0.223. The van der Waals surface area contributed by atoms with Crippen molar-refractivity contribution in [2.24, 2.45) is 11.8 Å². The smallest absolute Gasteiger partial charge is 0.220 e. The quantitative estimate of drug-likeness (QED) is 0.671. The highest BCUT2D eigenvalue weighted by atomic mass is 16.1. The van der Waals surface area contributed by atoms with Crippen molar-refractivity contribution in [3.05, 3.63) is 0 Å². The van der Waals surface area contributed by atoms with Crippen LogP contribution in [0.3, 0.4) is 0 Å². The summed E-state index contributed by atoms with van der Waals surface area (Å²) in [6, 6.07) is 0. The Kier molecular flexibility index (Phi) is 7.25. The van der Waals surface area contributed by atoms with E-state index in [1.54, 1.807) is 0 Å². The molecular formula is C14H28N2O. The maximum Gasteiger partial charge on any atom is 0.220 e. The highest BCUT2D eigenvalue weighted by Gasteiger charge is 2.21. The van der Waals surface area contributed by atoms with Gasteiger partial charge in [0.1, 0.15) is 0 Å². The Bertz CT molecular complexity index is 212. The van der Waals surface area contributed by atoms with E-state index < -0.39 is 0 Å². The van der Waals surface area contributed by atoms with Gasteiger partial charge < -0.3 is 10.6 Å². The van der Waals surface area contributed by atoms with E-state index in [1.807, 2.05) is 0 Å². The van der Waals surface area contributed by atoms with E-state index in [0.29, 0.717) is 12.3 Å². The van der Waals surface area contributed by atoms with Crippen molar-refractivity contribution in [1.29, 1.82) is 0 Å². The number of nitrogens with one attached hydrogen (secondary N) is 2. The van der Waals surface area contributed by atoms with E-state index in [1.165, 1.54) is 32.1 Å². The topological polar surface area (TPSA) is 41.1 Å². The van der Waals surface area contributed by atoms with Crippen molar-refractivity contribution in [2.45, 2.75) is 52.4 Å². The SMILES string of the molecule is CCNCCNC(=O)CC(C)C1CCCCC1. The largest absolute Gasteiger partial charge is 0.355 e. The predicted octanol–water partition coefficient (Wildman–Crippen LogP) is 2.32. The number of hydrogen-bond donors (Lipinski definition) is 2. The molecule has 1 unspecified atom stereocenters. The van der Waals surface area contributed by atoms with Crippen molar-refractivity contribution < 1.29 is 4.79 Å². The van der Waals surface area contributed by atoms with Crippen LogP contribution in [0.5, 0.6) is 0 Å². The normalized spacial score (nSPS) is 18.9. The summed E-state index contributed by atoms with van der Waals surface area (Å²) in [5, 5.41) is 6.19. The standard InChI is InChI=1S/C14H28N2O/c1-3-15-9-10-16-14(17)11-12(2)13-7-5-4-6-8-13/h12-13,15H,3-11H2,1-2H3,(H,16,17). The fourth-order valence-electron chi connectivity index (χ4n) is 2.70. The van der Waals surface area contributed by atoms with Gasteiger partial charge in [-0.25, -0.2) is 0 Å². The maximum atomic E-state index is 11.7. The van der Waals surface area contributed by atoms with Gasteiger partial charge in [0.05, 0.1) is 0 Å². The van der Waals surface area contributed by atoms with Crippen LogP contribution in [0.4, 0.5) is 0 Å². The van der Waals surface area contributed by atoms with Crippen LogP contribution in [-0.2, 0) is 4.79 Å². The molecule has 0 aromatic heterocycles. The van der Waals surface area contributed by atoms with Gasteiger partial charge in [-0.3, -0.25) is 4.79 Å². The Hall–Kier alpha value is -0.570. The lowest BCUT2D eigenvalue weighted by Crippen LogP contribution is -2.33. The molecule has 1 aliphatic rings. The summed E-state index contributed by atoms with van der Waals surface area (Å²) >= 11 is 0. The van der Waals surface area contributed by atoms with Gasteiger partial charge in [-0.15, -0.1) is 0 Å². The third-order valence-electron chi connectivity index (χ3n) is 3.84. The van der Waals surface area contributed by atoms with Crippen molar-refractivity contribution >= 4 is 5.91 Å². The first kappa shape index (κ1) is 14.5. The number of amides is 1. The molecule has 1 saturated carbocycles. The first-order valence-corrected chi connectivity index (χ1v) is 7.21. The third kappa shape index (κ3) is 6.06. The molecule has 0 aromatic rings. The second-order valence-corrected chi connectivity index (χ2v) is 5.28. The second kappa shape index (κ2) is 8.51. The van der Waals surface area contributed by atoms with Crippen LogP contribution >= 0.6 is 0 Å². The predicted molar refractivity (Wildman–Crippen MR) is 71.9 cm³/mol. The zero-order valence-electron chi connectivity index (χ0n) is 11.4. The van der Waals surface area contributed by atoms with E-state index >= 15 is 0 Å². The molecule has 0 saturated heterocycles. The Morgan fingerprint density at radius 1 is 1.24 bits per heavy atom. The molecule has 1 amide bonds. The monoisotopic (exact) mass is 240 g/mol. The average molecular weight is 240 g/mol. The molecule has 1 rings (SSSR count). The van der Waals surface area contributed by atoms with Crippen molar-refractivity contribution in [1.82, 2.24) is 10.6 Å². The van der Waals surface area contributed by atoms with Gasteiger partial charge in [-0.05, 0) is 18.4 Å². The minimum absolute atomic E-state index is 0.223. The van der Waals surface area contributed by atoms with E-state index in [2.05, 4.69) is 24.5 Å². The van der Waals surface area contributed by atoms with E-state index in [9.17, 15) is 4.79 Å². The highest BCUT2D eigenvalue weighted by Crippen LogP contribution is 2.31. The molecule has 3 nitrogen and oxygen atoms in total. The Morgan fingerprint density at radius 3 is 2.59 bits per heavy atom. The molecule has 0 radical (unpaired) electrons. The summed E-state index contributed by atoms with van der Waals surface area (Å²) in [6.07, 6.45) is 7.46. The number of likely N-dealkylation sites (N-methyl/N-ethyl adjacent to an activating group) is 1. The van der Waals surface area contributed by atoms with Crippen LogP contribution in [0.1, 0.15) is 52.4 Å². The molecule has 3 heteroatoms. The molecular weight excluding hydrogens is 212 g/mol. The molecule has 100 valence electrons. The van der Waals surface area contributed by atoms with Crippen molar-refractivity contribution in [3.63, 3.8) is 0 Å². The van der Waals surface area contributed by atoms with E-state index in [4.69, 9.17) is 0 Å². The van der Waals surface area contributed by atoms with Crippen molar-refractivity contribution in [2.75, 3.05) is 19.6 Å². The van der Waals surface area contributed by atoms with Crippen molar-refractivity contribution in [3.8, 4) is 0 Å². The number of rotatable bonds is 7. The van der Waals surface area contributed by atoms with Gasteiger partial charge >= 0.3 is 0 Å². The minimum Gasteiger partial charge on any atom is -0.355 e. The third-order valence-corrected chi connectivity index (χ3v) is 3.84. The number of carbonyl (C=O) groups is 1. The summed E-state index contributed by atoms with van der Waals surface area (Å²) in [5.74, 6) is 1.55. The summed E-state index contributed by atoms with van der Waals surface area (Å²) in [6.45, 7) is 6.91. The van der Waals surface area contributed by atoms with Crippen LogP contribution in [0, 0.1) is 11.8 Å². The summed E-state index contributed by atoms with van der Waals surface area (Å²) in [5.41, 5.74) is 0. The van der Waals surface area contributed by atoms with Gasteiger partial charge in [-0.1, -0.05) is 46.0 Å². The summed E-state index contributed by atoms with van der Waals surface area (Å²) in [7, 11) is 0. The zero-order valence-corrected chi connectivity index (χ0v) is 11.4. The number of carbonyl (C=O) groups excluding carboxylic acids is 1. The first-order chi connectivity index (χ1) is 8.24. The lowest BCUT2D eigenvalue weighted by Gasteiger charge is -2.27. The Labute approximate surface area is 106 Å². The maximum absolute atomic E-state index is 11.7. The van der Waals surface area contributed by atoms with E-state index in [0.717, 1.165) is 25.6 Å². The van der Waals surface area contributed by atoms with Crippen LogP contribution in [0.2, 0.25) is 0 Å². The Balaban J connectivity index is 2.11. The first-order valence-electron chi connectivity index (χ1n) is 7.21. The van der Waals surface area contributed by atoms with Crippen LogP contribution in [0.15, 0.2) is 0 Å². The van der Waals surface area contributed by atoms with Gasteiger partial charge in [0.25, 0.3) is 0 Å². The van der Waals surface area contributed by atoms with Gasteiger partial charge in [0, 0.05) is 19.5 Å². The second-order valence-electron chi connectivity index (χ2n) is 5.28. The molecule has 2 N–H and O–H groups in total. The molecule has 0 aromatic carbocycles. The van der Waals surface area contributed by atoms with Crippen LogP contribution < -0.4 is 10.6 Å². The molecule has 1 atom stereocenters. The molecule has 0 heterocycles. The van der Waals surface area contributed by atoms with Gasteiger partial charge in [0.2, 0.25) is 5.91 Å². The summed E-state index contributed by atoms with van der Waals surface area (Å²) < 4.78 is 0. The van der Waals surface area contributed by atoms with Gasteiger partial charge in [0.15, 0.2) is 0 Å². The summed E-state index contributed by atoms with van der Waals surface area (Å²) in [4.78, 5) is 11.7. The molecule has 1 fully saturated rings. The Morgan fingerprint density at radius 2 is 1.94 bits per heavy atom. The highest BCUT2D eigenvalue weighted by molar-refractivity contribution is 5.76. The fourth-order valence-corrected chi connectivity index (χ4v) is 2.70. The lowest BCUT2D eigenvalue weighted by molar-refractivity contribution is -0.122. The average Bonchev–Trinajstić information content (AvgIpc) is 2.36. The van der Waals surface area contributed by atoms with Crippen LogP contribution in [0.25, 0.3) is 0 Å². The van der Waals surface area contributed by atoms with E-state index in [-0.39, 0.29) is 5.91 Å². The molecule has 17 heavy (non-hydrogen) atoms.